The van der Waals surface area contributed by atoms with E-state index < -0.39 is 61.3 Å². The van der Waals surface area contributed by atoms with Crippen molar-refractivity contribution in [2.75, 3.05) is 29.5 Å². The van der Waals surface area contributed by atoms with Crippen LogP contribution in [0.2, 0.25) is 0 Å². The van der Waals surface area contributed by atoms with Crippen LogP contribution in [0, 0.1) is 13.8 Å². The maximum atomic E-state index is 13.7. The summed E-state index contributed by atoms with van der Waals surface area (Å²) in [6.07, 6.45) is -0.252. The topological polar surface area (TPSA) is 196 Å². The summed E-state index contributed by atoms with van der Waals surface area (Å²) in [6, 6.07) is 6.35. The predicted molar refractivity (Wildman–Crippen MR) is 138 cm³/mol. The Labute approximate surface area is 223 Å². The van der Waals surface area contributed by atoms with Crippen molar-refractivity contribution in [1.82, 2.24) is 10.6 Å². The third-order valence-corrected chi connectivity index (χ3v) is 6.11. The van der Waals surface area contributed by atoms with Crippen LogP contribution < -0.4 is 20.4 Å². The summed E-state index contributed by atoms with van der Waals surface area (Å²) in [5, 5.41) is 31.5. The highest BCUT2D eigenvalue weighted by Gasteiger charge is 2.38. The number of benzene rings is 2. The van der Waals surface area contributed by atoms with E-state index in [0.29, 0.717) is 17.4 Å². The first-order valence-corrected chi connectivity index (χ1v) is 11.9. The second kappa shape index (κ2) is 12.2. The number of aliphatic hydroxyl groups is 1. The molecule has 0 aliphatic carbocycles. The van der Waals surface area contributed by atoms with Crippen LogP contribution in [0.25, 0.3) is 0 Å². The molecule has 1 unspecified atom stereocenters. The molecule has 39 heavy (non-hydrogen) atoms. The van der Waals surface area contributed by atoms with Crippen molar-refractivity contribution in [3.63, 3.8) is 0 Å². The molecule has 0 radical (unpaired) electrons. The lowest BCUT2D eigenvalue weighted by Crippen LogP contribution is -2.55. The largest absolute Gasteiger partial charge is 0.565 e. The van der Waals surface area contributed by atoms with E-state index in [1.54, 1.807) is 26.0 Å². The van der Waals surface area contributed by atoms with E-state index in [1.165, 1.54) is 24.3 Å². The van der Waals surface area contributed by atoms with Crippen LogP contribution in [-0.2, 0) is 24.0 Å². The molecule has 2 aromatic carbocycles. The van der Waals surface area contributed by atoms with E-state index in [0.717, 1.165) is 9.80 Å². The lowest BCUT2D eigenvalue weighted by Gasteiger charge is -2.25. The van der Waals surface area contributed by atoms with Gasteiger partial charge in [-0.15, -0.1) is 0 Å². The smallest absolute Gasteiger partial charge is 0.518 e. The van der Waals surface area contributed by atoms with Gasteiger partial charge in [0.2, 0.25) is 5.91 Å². The van der Waals surface area contributed by atoms with E-state index in [4.69, 9.17) is 5.11 Å². The number of phenols is 1. The van der Waals surface area contributed by atoms with E-state index in [2.05, 4.69) is 10.6 Å². The van der Waals surface area contributed by atoms with E-state index in [-0.39, 0.29) is 29.2 Å². The maximum Gasteiger partial charge on any atom is 0.518 e. The summed E-state index contributed by atoms with van der Waals surface area (Å²) < 4.78 is 0. The number of phenolic OH excluding ortho intramolecular Hbond substituents is 1. The molecule has 1 heterocycles. The molecule has 0 spiro atoms. The molecule has 1 aliphatic rings. The lowest BCUT2D eigenvalue weighted by molar-refractivity contribution is -0.139. The summed E-state index contributed by atoms with van der Waals surface area (Å²) in [7, 11) is 0. The highest BCUT2D eigenvalue weighted by atomic mass is 16.4. The van der Waals surface area contributed by atoms with E-state index >= 15 is 0 Å². The fourth-order valence-electron chi connectivity index (χ4n) is 4.24. The molecule has 1 aliphatic heterocycles. The average molecular weight is 542 g/mol. The van der Waals surface area contributed by atoms with E-state index in [1.807, 2.05) is 0 Å². The van der Waals surface area contributed by atoms with Crippen molar-refractivity contribution >= 4 is 47.3 Å². The van der Waals surface area contributed by atoms with Gasteiger partial charge < -0.3 is 35.6 Å². The van der Waals surface area contributed by atoms with Gasteiger partial charge in [0.15, 0.2) is 0 Å². The minimum absolute atomic E-state index is 0.0187. The summed E-state index contributed by atoms with van der Waals surface area (Å²) in [5.41, 5.74) is 1.35. The monoisotopic (exact) mass is 541 g/mol. The first-order chi connectivity index (χ1) is 18.5. The van der Waals surface area contributed by atoms with Gasteiger partial charge in [-0.1, -0.05) is 12.1 Å². The molecular weight excluding hydrogens is 512 g/mol. The van der Waals surface area contributed by atoms with Gasteiger partial charge in [0.25, 0.3) is 17.7 Å². The Morgan fingerprint density at radius 2 is 1.74 bits per heavy atom. The predicted octanol–water partition coefficient (Wildman–Crippen LogP) is -1.20. The van der Waals surface area contributed by atoms with Crippen LogP contribution in [0.15, 0.2) is 36.4 Å². The van der Waals surface area contributed by atoms with Gasteiger partial charge in [0, 0.05) is 10.4 Å². The number of hydrogen-bond acceptors (Lipinski definition) is 8. The molecule has 0 aromatic heterocycles. The molecule has 0 bridgehead atoms. The molecule has 2 atom stereocenters. The quantitative estimate of drug-likeness (QED) is 0.224. The number of amides is 4. The number of aliphatic hydroxyl groups excluding tert-OH is 1. The second-order valence-electron chi connectivity index (χ2n) is 9.00. The summed E-state index contributed by atoms with van der Waals surface area (Å²) in [6.45, 7) is 1.32. The highest BCUT2D eigenvalue weighted by molar-refractivity contribution is 6.11. The Hall–Kier alpha value is -4.78. The van der Waals surface area contributed by atoms with Crippen molar-refractivity contribution in [1.29, 1.82) is 0 Å². The molecule has 13 heteroatoms. The molecule has 206 valence electrons. The number of nitrogens with zero attached hydrogens (tertiary/aromatic N) is 2. The third-order valence-electron chi connectivity index (χ3n) is 6.11. The number of carbonyl (C=O) groups is 6. The van der Waals surface area contributed by atoms with Crippen molar-refractivity contribution in [2.45, 2.75) is 32.4 Å². The van der Waals surface area contributed by atoms with Crippen molar-refractivity contribution in [3.05, 3.63) is 53.1 Å². The molecule has 0 saturated heterocycles. The van der Waals surface area contributed by atoms with Crippen molar-refractivity contribution in [3.8, 4) is 5.75 Å². The summed E-state index contributed by atoms with van der Waals surface area (Å²) in [5.74, 6) is -4.07. The maximum absolute atomic E-state index is 13.7. The number of para-hydroxylation sites is 2. The molecule has 6 N–H and O–H groups in total. The van der Waals surface area contributed by atoms with Crippen LogP contribution in [0.4, 0.5) is 11.4 Å². The van der Waals surface area contributed by atoms with E-state index in [9.17, 15) is 39.0 Å². The molecule has 13 nitrogen and oxygen atoms in total. The first kappa shape index (κ1) is 28.8. The number of hydrogen-bond donors (Lipinski definition) is 4. The van der Waals surface area contributed by atoms with Gasteiger partial charge in [0.05, 0.1) is 17.9 Å². The second-order valence-corrected chi connectivity index (χ2v) is 9.00. The van der Waals surface area contributed by atoms with Gasteiger partial charge in [-0.05, 0) is 49.2 Å². The Balaban J connectivity index is 1.98. The Bertz CT molecular complexity index is 1300. The van der Waals surface area contributed by atoms with Crippen molar-refractivity contribution < 1.29 is 44.1 Å². The number of fused-ring (bicyclic) bond motifs is 1. The van der Waals surface area contributed by atoms with Gasteiger partial charge in [0.1, 0.15) is 43.7 Å². The number of carbonyl (C=O) groups excluding carboxylic acids is 6. The van der Waals surface area contributed by atoms with Crippen molar-refractivity contribution in [2.24, 2.45) is 0 Å². The first-order valence-electron chi connectivity index (χ1n) is 11.9. The average Bonchev–Trinajstić information content (AvgIpc) is 3.01. The molecule has 3 rings (SSSR count). The number of aryl methyl sites for hydroxylation is 2. The summed E-state index contributed by atoms with van der Waals surface area (Å²) in [4.78, 5) is 76.8. The van der Waals surface area contributed by atoms with Crippen LogP contribution >= 0.6 is 0 Å². The number of anilines is 2. The molecular formula is C26H29N4O9+. The van der Waals surface area contributed by atoms with Crippen LogP contribution in [0.1, 0.15) is 27.9 Å². The molecule has 4 amide bonds. The normalized spacial score (nSPS) is 15.6. The number of rotatable bonds is 9. The standard InChI is InChI=1S/C26H28N4O9/c1-14-7-16(8-15(2)24(14)37)25(38)28-18-10-29(22(34)13-32)19-5-3-4-6-20(19)30(26(18)39)11-21(33)27-17(12-31)9-23(35)36/h3-8,12,17-18,32,37H,9-11,13H2,1-2H3,(H,27,33)(H,28,38)(H,35,36)/p+1/t17-,18?/m0/s1. The zero-order valence-corrected chi connectivity index (χ0v) is 21.3. The van der Waals surface area contributed by atoms with Gasteiger partial charge >= 0.3 is 5.97 Å². The molecule has 0 saturated carbocycles. The van der Waals surface area contributed by atoms with Crippen LogP contribution in [0.5, 0.6) is 5.75 Å². The minimum atomic E-state index is -1.36. The zero-order chi connectivity index (χ0) is 28.9. The summed E-state index contributed by atoms with van der Waals surface area (Å²) >= 11 is 0. The fraction of sp³-hybridized carbons (Fsp3) is 0.308. The number of aldehydes is 1. The molecule has 0 fully saturated rings. The van der Waals surface area contributed by atoms with Crippen LogP contribution in [0.3, 0.4) is 0 Å². The highest BCUT2D eigenvalue weighted by Crippen LogP contribution is 2.33. The Kier molecular flexibility index (Phi) is 8.99. The number of aromatic hydroxyl groups is 1. The third kappa shape index (κ3) is 6.57. The SMILES string of the molecule is Cc1cc(C(=O)NC2CN(C(=O)CO)c3ccccc3N(CC(=O)N[C@H](C=O)CC(=O)[OH2+])C2=O)cc(C)c1O. The van der Waals surface area contributed by atoms with Gasteiger partial charge in [-0.2, -0.15) is 0 Å². The Morgan fingerprint density at radius 3 is 2.31 bits per heavy atom. The minimum Gasteiger partial charge on any atom is -0.565 e. The van der Waals surface area contributed by atoms with Gasteiger partial charge in [-0.25, -0.2) is 0 Å². The fourth-order valence-corrected chi connectivity index (χ4v) is 4.24. The molecule has 2 aromatic rings. The lowest BCUT2D eigenvalue weighted by atomic mass is 10.0. The number of nitrogens with one attached hydrogen (secondary N) is 2. The Morgan fingerprint density at radius 1 is 1.13 bits per heavy atom. The zero-order valence-electron chi connectivity index (χ0n) is 21.3. The van der Waals surface area contributed by atoms with Crippen LogP contribution in [-0.4, -0.2) is 83.0 Å². The van der Waals surface area contributed by atoms with Gasteiger partial charge in [-0.3, -0.25) is 24.1 Å².